The summed E-state index contributed by atoms with van der Waals surface area (Å²) in [6.45, 7) is 4.60. The van der Waals surface area contributed by atoms with Crippen LogP contribution in [0.1, 0.15) is 37.3 Å². The van der Waals surface area contributed by atoms with E-state index in [0.29, 0.717) is 6.54 Å². The van der Waals surface area contributed by atoms with Crippen molar-refractivity contribution in [3.63, 3.8) is 0 Å². The molecule has 6 heteroatoms. The van der Waals surface area contributed by atoms with Gasteiger partial charge in [-0.15, -0.1) is 0 Å². The molecule has 1 aliphatic rings. The second kappa shape index (κ2) is 4.77. The van der Waals surface area contributed by atoms with Crippen molar-refractivity contribution in [1.29, 1.82) is 0 Å². The van der Waals surface area contributed by atoms with Crippen molar-refractivity contribution >= 4 is 5.91 Å². The minimum Gasteiger partial charge on any atom is -0.346 e. The predicted molar refractivity (Wildman–Crippen MR) is 73.8 cm³/mol. The van der Waals surface area contributed by atoms with E-state index in [2.05, 4.69) is 20.3 Å². The van der Waals surface area contributed by atoms with Gasteiger partial charge in [0.2, 0.25) is 5.91 Å². The van der Waals surface area contributed by atoms with Gasteiger partial charge in [-0.05, 0) is 26.7 Å². The molecule has 0 aromatic carbocycles. The number of imidazole rings is 2. The summed E-state index contributed by atoms with van der Waals surface area (Å²) in [6, 6.07) is -0.100. The molecule has 0 radical (unpaired) electrons. The van der Waals surface area contributed by atoms with E-state index in [9.17, 15) is 4.79 Å². The Kier molecular flexibility index (Phi) is 3.08. The highest BCUT2D eigenvalue weighted by molar-refractivity contribution is 5.85. The van der Waals surface area contributed by atoms with Gasteiger partial charge in [0, 0.05) is 30.8 Å². The number of rotatable bonds is 5. The lowest BCUT2D eigenvalue weighted by Crippen LogP contribution is -2.36. The molecule has 20 heavy (non-hydrogen) atoms. The quantitative estimate of drug-likeness (QED) is 0.868. The van der Waals surface area contributed by atoms with Gasteiger partial charge in [-0.2, -0.15) is 0 Å². The molecule has 1 amide bonds. The molecule has 0 aliphatic heterocycles. The van der Waals surface area contributed by atoms with Crippen LogP contribution in [0.3, 0.4) is 0 Å². The Morgan fingerprint density at radius 1 is 1.60 bits per heavy atom. The second-order valence-corrected chi connectivity index (χ2v) is 5.66. The molecular weight excluding hydrogens is 254 g/mol. The summed E-state index contributed by atoms with van der Waals surface area (Å²) in [6.07, 6.45) is 9.03. The number of amides is 1. The first-order chi connectivity index (χ1) is 9.59. The molecule has 2 aromatic heterocycles. The van der Waals surface area contributed by atoms with E-state index in [1.807, 2.05) is 24.6 Å². The zero-order chi connectivity index (χ0) is 14.2. The van der Waals surface area contributed by atoms with E-state index in [1.165, 1.54) is 0 Å². The maximum absolute atomic E-state index is 12.5. The second-order valence-electron chi connectivity index (χ2n) is 5.66. The van der Waals surface area contributed by atoms with Crippen LogP contribution in [0.25, 0.3) is 0 Å². The van der Waals surface area contributed by atoms with Crippen molar-refractivity contribution in [2.24, 2.45) is 5.41 Å². The molecule has 2 N–H and O–H groups in total. The Hall–Kier alpha value is -2.11. The molecule has 2 aromatic rings. The topological polar surface area (TPSA) is 75.6 Å². The summed E-state index contributed by atoms with van der Waals surface area (Å²) in [5, 5.41) is 3.06. The number of hydrogen-bond donors (Lipinski definition) is 2. The zero-order valence-electron chi connectivity index (χ0n) is 11.8. The molecule has 0 saturated heterocycles. The third-order valence-electron chi connectivity index (χ3n) is 3.86. The Bertz CT molecular complexity index is 597. The molecule has 1 fully saturated rings. The van der Waals surface area contributed by atoms with Gasteiger partial charge in [-0.25, -0.2) is 9.97 Å². The van der Waals surface area contributed by atoms with Crippen molar-refractivity contribution in [3.05, 3.63) is 36.4 Å². The lowest BCUT2D eigenvalue weighted by molar-refractivity contribution is -0.127. The summed E-state index contributed by atoms with van der Waals surface area (Å²) in [5.74, 6) is 0.905. The van der Waals surface area contributed by atoms with Crippen molar-refractivity contribution < 1.29 is 4.79 Å². The lowest BCUT2D eigenvalue weighted by atomic mass is 10.1. The minimum atomic E-state index is -0.267. The van der Waals surface area contributed by atoms with Crippen LogP contribution in [-0.4, -0.2) is 25.4 Å². The van der Waals surface area contributed by atoms with Crippen molar-refractivity contribution in [2.45, 2.75) is 39.3 Å². The zero-order valence-corrected chi connectivity index (χ0v) is 11.8. The van der Waals surface area contributed by atoms with E-state index < -0.39 is 0 Å². The lowest BCUT2D eigenvalue weighted by Gasteiger charge is -2.19. The van der Waals surface area contributed by atoms with Gasteiger partial charge in [-0.1, -0.05) is 0 Å². The predicted octanol–water partition coefficient (Wildman–Crippen LogP) is 1.57. The number of carbonyl (C=O) groups is 1. The fourth-order valence-corrected chi connectivity index (χ4v) is 2.41. The summed E-state index contributed by atoms with van der Waals surface area (Å²) in [4.78, 5) is 23.9. The highest BCUT2D eigenvalue weighted by Crippen LogP contribution is 2.47. The molecule has 3 rings (SSSR count). The maximum Gasteiger partial charge on any atom is 0.228 e. The van der Waals surface area contributed by atoms with Crippen LogP contribution in [0.4, 0.5) is 0 Å². The largest absolute Gasteiger partial charge is 0.346 e. The first-order valence-corrected chi connectivity index (χ1v) is 6.87. The number of aryl methyl sites for hydroxylation is 1. The highest BCUT2D eigenvalue weighted by atomic mass is 16.2. The van der Waals surface area contributed by atoms with Gasteiger partial charge in [0.15, 0.2) is 0 Å². The smallest absolute Gasteiger partial charge is 0.228 e. The molecule has 1 atom stereocenters. The summed E-state index contributed by atoms with van der Waals surface area (Å²) in [7, 11) is 0. The van der Waals surface area contributed by atoms with E-state index in [-0.39, 0.29) is 17.4 Å². The Morgan fingerprint density at radius 3 is 2.95 bits per heavy atom. The van der Waals surface area contributed by atoms with Crippen LogP contribution in [-0.2, 0) is 11.3 Å². The first kappa shape index (κ1) is 12.9. The van der Waals surface area contributed by atoms with Crippen LogP contribution in [0.2, 0.25) is 0 Å². The minimum absolute atomic E-state index is 0.100. The van der Waals surface area contributed by atoms with E-state index in [4.69, 9.17) is 0 Å². The Labute approximate surface area is 117 Å². The molecule has 0 spiro atoms. The third kappa shape index (κ3) is 2.45. The molecule has 1 unspecified atom stereocenters. The van der Waals surface area contributed by atoms with Crippen LogP contribution in [0.5, 0.6) is 0 Å². The average molecular weight is 273 g/mol. The number of H-pyrrole nitrogens is 1. The fourth-order valence-electron chi connectivity index (χ4n) is 2.41. The van der Waals surface area contributed by atoms with Gasteiger partial charge in [0.05, 0.1) is 17.8 Å². The van der Waals surface area contributed by atoms with E-state index in [0.717, 1.165) is 24.4 Å². The number of aromatic nitrogens is 4. The average Bonchev–Trinajstić information content (AvgIpc) is 2.83. The van der Waals surface area contributed by atoms with Crippen LogP contribution in [0, 0.1) is 12.3 Å². The number of nitrogens with zero attached hydrogens (tertiary/aromatic N) is 3. The first-order valence-electron chi connectivity index (χ1n) is 6.87. The van der Waals surface area contributed by atoms with Gasteiger partial charge in [0.25, 0.3) is 0 Å². The van der Waals surface area contributed by atoms with Gasteiger partial charge < -0.3 is 14.9 Å². The van der Waals surface area contributed by atoms with Gasteiger partial charge in [0.1, 0.15) is 5.82 Å². The fraction of sp³-hybridized carbons (Fsp3) is 0.500. The van der Waals surface area contributed by atoms with Crippen LogP contribution < -0.4 is 5.32 Å². The Morgan fingerprint density at radius 2 is 2.40 bits per heavy atom. The number of carbonyl (C=O) groups excluding carboxylic acids is 1. The van der Waals surface area contributed by atoms with Crippen LogP contribution >= 0.6 is 0 Å². The summed E-state index contributed by atoms with van der Waals surface area (Å²) in [5.41, 5.74) is 0.733. The Balaban J connectivity index is 1.64. The normalized spacial score (nSPS) is 17.7. The van der Waals surface area contributed by atoms with Gasteiger partial charge in [-0.3, -0.25) is 4.79 Å². The highest BCUT2D eigenvalue weighted by Gasteiger charge is 2.50. The molecule has 1 aliphatic carbocycles. The van der Waals surface area contributed by atoms with Gasteiger partial charge >= 0.3 is 0 Å². The van der Waals surface area contributed by atoms with Crippen molar-refractivity contribution in [2.75, 3.05) is 0 Å². The third-order valence-corrected chi connectivity index (χ3v) is 3.86. The SMILES string of the molecule is Cc1cnc(C(C)NC(=O)C2(Cn3ccnc3)CC2)[nH]1. The monoisotopic (exact) mass is 273 g/mol. The molecule has 1 saturated carbocycles. The number of aromatic amines is 1. The number of nitrogens with one attached hydrogen (secondary N) is 2. The van der Waals surface area contributed by atoms with E-state index in [1.54, 1.807) is 18.7 Å². The standard InChI is InChI=1S/C14H19N5O/c1-10-7-16-12(17-10)11(2)18-13(20)14(3-4-14)8-19-6-5-15-9-19/h5-7,9,11H,3-4,8H2,1-2H3,(H,16,17)(H,18,20). The molecular formula is C14H19N5O. The maximum atomic E-state index is 12.5. The number of hydrogen-bond acceptors (Lipinski definition) is 3. The van der Waals surface area contributed by atoms with E-state index >= 15 is 0 Å². The molecule has 106 valence electrons. The van der Waals surface area contributed by atoms with Crippen LogP contribution in [0.15, 0.2) is 24.9 Å². The van der Waals surface area contributed by atoms with Crippen molar-refractivity contribution in [3.8, 4) is 0 Å². The molecule has 2 heterocycles. The van der Waals surface area contributed by atoms with Crippen molar-refractivity contribution in [1.82, 2.24) is 24.8 Å². The summed E-state index contributed by atoms with van der Waals surface area (Å²) >= 11 is 0. The molecule has 0 bridgehead atoms. The molecule has 6 nitrogen and oxygen atoms in total. The summed E-state index contributed by atoms with van der Waals surface area (Å²) < 4.78 is 1.97.